The van der Waals surface area contributed by atoms with Crippen LogP contribution in [0.2, 0.25) is 0 Å². The zero-order valence-electron chi connectivity index (χ0n) is 42.6. The lowest BCUT2D eigenvalue weighted by Gasteiger charge is -2.38. The van der Waals surface area contributed by atoms with E-state index in [1.807, 2.05) is 0 Å². The summed E-state index contributed by atoms with van der Waals surface area (Å²) >= 11 is 0. The van der Waals surface area contributed by atoms with Crippen LogP contribution >= 0.6 is 0 Å². The summed E-state index contributed by atoms with van der Waals surface area (Å²) in [5.41, 5.74) is 5.65. The molecule has 0 aliphatic heterocycles. The van der Waals surface area contributed by atoms with Gasteiger partial charge in [-0.3, -0.25) is 9.97 Å². The van der Waals surface area contributed by atoms with Crippen molar-refractivity contribution in [2.24, 2.45) is 35.5 Å². The molecule has 2 aromatic rings. The molecule has 2 heteroatoms. The summed E-state index contributed by atoms with van der Waals surface area (Å²) in [6.07, 6.45) is 60.0. The van der Waals surface area contributed by atoms with Crippen molar-refractivity contribution in [3.8, 4) is 0 Å². The Hall–Kier alpha value is -1.70. The van der Waals surface area contributed by atoms with Crippen molar-refractivity contribution < 1.29 is 0 Å². The highest BCUT2D eigenvalue weighted by Crippen LogP contribution is 2.46. The second kappa shape index (κ2) is 32.1. The van der Waals surface area contributed by atoms with Gasteiger partial charge < -0.3 is 0 Å². The lowest BCUT2D eigenvalue weighted by atomic mass is 9.68. The molecule has 2 nitrogen and oxygen atoms in total. The Morgan fingerprint density at radius 3 is 0.952 bits per heavy atom. The molecule has 358 valence electrons. The minimum Gasteiger partial charge on any atom is -0.261 e. The molecule has 4 aliphatic carbocycles. The van der Waals surface area contributed by atoms with E-state index in [1.165, 1.54) is 273 Å². The number of aryl methyl sites for hydroxylation is 2. The van der Waals surface area contributed by atoms with E-state index < -0.39 is 0 Å². The Labute approximate surface area is 393 Å². The van der Waals surface area contributed by atoms with E-state index >= 15 is 0 Å². The van der Waals surface area contributed by atoms with Crippen LogP contribution in [0.3, 0.4) is 0 Å². The van der Waals surface area contributed by atoms with Gasteiger partial charge in [0.05, 0.1) is 0 Å². The average Bonchev–Trinajstić information content (AvgIpc) is 3.34. The van der Waals surface area contributed by atoms with Crippen LogP contribution in [-0.4, -0.2) is 9.97 Å². The Bertz CT molecular complexity index is 1350. The average molecular weight is 866 g/mol. The third kappa shape index (κ3) is 20.0. The van der Waals surface area contributed by atoms with Gasteiger partial charge >= 0.3 is 0 Å². The van der Waals surface area contributed by atoms with Crippen LogP contribution in [0, 0.1) is 35.5 Å². The topological polar surface area (TPSA) is 25.8 Å². The summed E-state index contributed by atoms with van der Waals surface area (Å²) in [6.45, 7) is 9.22. The largest absolute Gasteiger partial charge is 0.261 e. The first-order chi connectivity index (χ1) is 31.1. The van der Waals surface area contributed by atoms with Crippen molar-refractivity contribution in [1.82, 2.24) is 9.97 Å². The van der Waals surface area contributed by atoms with E-state index in [0.29, 0.717) is 0 Å². The lowest BCUT2D eigenvalue weighted by molar-refractivity contribution is 0.155. The van der Waals surface area contributed by atoms with Crippen LogP contribution < -0.4 is 0 Å². The van der Waals surface area contributed by atoms with Crippen molar-refractivity contribution in [3.05, 3.63) is 59.2 Å². The van der Waals surface area contributed by atoms with Gasteiger partial charge in [-0.2, -0.15) is 0 Å². The summed E-state index contributed by atoms with van der Waals surface area (Å²) in [7, 11) is 0. The molecule has 4 fully saturated rings. The van der Waals surface area contributed by atoms with Crippen LogP contribution in [0.5, 0.6) is 0 Å². The van der Waals surface area contributed by atoms with Crippen LogP contribution in [0.1, 0.15) is 300 Å². The summed E-state index contributed by atoms with van der Waals surface area (Å²) in [5.74, 6) is 7.66. The van der Waals surface area contributed by atoms with E-state index in [2.05, 4.69) is 64.4 Å². The second-order valence-electron chi connectivity index (χ2n) is 22.3. The third-order valence-corrected chi connectivity index (χ3v) is 17.5. The minimum absolute atomic E-state index is 0.726. The molecule has 0 amide bonds. The van der Waals surface area contributed by atoms with Crippen LogP contribution in [0.4, 0.5) is 0 Å². The molecule has 4 saturated carbocycles. The van der Waals surface area contributed by atoms with Crippen LogP contribution in [-0.2, 0) is 12.8 Å². The van der Waals surface area contributed by atoms with E-state index in [0.717, 1.165) is 47.3 Å². The number of aromatic nitrogens is 2. The molecule has 0 spiro atoms. The quantitative estimate of drug-likeness (QED) is 0.0836. The van der Waals surface area contributed by atoms with E-state index in [1.54, 1.807) is 0 Å². The number of hydrogen-bond donors (Lipinski definition) is 0. The molecule has 0 unspecified atom stereocenters. The Morgan fingerprint density at radius 2 is 0.635 bits per heavy atom. The van der Waals surface area contributed by atoms with Gasteiger partial charge in [0.1, 0.15) is 0 Å². The third-order valence-electron chi connectivity index (χ3n) is 17.5. The van der Waals surface area contributed by atoms with Crippen molar-refractivity contribution in [1.29, 1.82) is 0 Å². The van der Waals surface area contributed by atoms with E-state index in [-0.39, 0.29) is 0 Å². The number of nitrogens with zero attached hydrogens (tertiary/aromatic N) is 2. The molecule has 2 heterocycles. The monoisotopic (exact) mass is 865 g/mol. The second-order valence-corrected chi connectivity index (χ2v) is 22.3. The first-order valence-electron chi connectivity index (χ1n) is 29.0. The predicted molar refractivity (Wildman–Crippen MR) is 276 cm³/mol. The van der Waals surface area contributed by atoms with Crippen molar-refractivity contribution >= 4 is 0 Å². The Balaban J connectivity index is 0.000000238. The van der Waals surface area contributed by atoms with Gasteiger partial charge in [0, 0.05) is 35.6 Å². The molecule has 0 N–H and O–H groups in total. The number of hydrogen-bond acceptors (Lipinski definition) is 2. The first kappa shape index (κ1) is 52.3. The molecule has 6 rings (SSSR count). The standard InChI is InChI=1S/C31H53N.C30H51N/c1-3-5-7-9-11-13-26-15-18-28(19-16-26)29-20-22-30(23-21-29)31-24-17-27(25-32-31)14-12-10-8-6-4-2;1-3-5-7-9-11-13-26-16-23-30(31-24-26)29-21-19-28(20-22-29)27-17-14-25(15-18-27)12-10-8-6-4-2/h17,24-26,28-30H,3-16,18-23H2,1-2H3;16,23-25,27-29H,3-15,17-22H2,1-2H3/t26-,28-,29-,30-;25-,27-,28-,29-. The zero-order valence-corrected chi connectivity index (χ0v) is 42.6. The summed E-state index contributed by atoms with van der Waals surface area (Å²) < 4.78 is 0. The normalized spacial score (nSPS) is 26.5. The predicted octanol–water partition coefficient (Wildman–Crippen LogP) is 19.7. The fraction of sp³-hybridized carbons (Fsp3) is 0.836. The molecule has 0 aromatic carbocycles. The fourth-order valence-electron chi connectivity index (χ4n) is 13.1. The molecular formula is C61H104N2. The molecule has 0 bridgehead atoms. The molecule has 63 heavy (non-hydrogen) atoms. The van der Waals surface area contributed by atoms with Gasteiger partial charge in [0.15, 0.2) is 0 Å². The maximum Gasteiger partial charge on any atom is 0.0434 e. The summed E-state index contributed by atoms with van der Waals surface area (Å²) in [5, 5.41) is 0. The van der Waals surface area contributed by atoms with Gasteiger partial charge in [0.25, 0.3) is 0 Å². The SMILES string of the molecule is CCCCCCCc1ccc([C@H]2CC[C@H]([C@H]3CC[C@H](CCCCCC)CC3)CC2)nc1.CCCCCCCc1ccc([C@H]2CC[C@H]([C@H]3CC[C@H](CCCCCCC)CC3)CC2)nc1. The number of pyridine rings is 2. The minimum atomic E-state index is 0.726. The van der Waals surface area contributed by atoms with Crippen LogP contribution in [0.15, 0.2) is 36.7 Å². The van der Waals surface area contributed by atoms with Gasteiger partial charge in [-0.05, 0) is 162 Å². The Morgan fingerprint density at radius 1 is 0.333 bits per heavy atom. The van der Waals surface area contributed by atoms with E-state index in [9.17, 15) is 0 Å². The van der Waals surface area contributed by atoms with Crippen molar-refractivity contribution in [2.45, 2.75) is 290 Å². The van der Waals surface area contributed by atoms with Crippen molar-refractivity contribution in [2.75, 3.05) is 0 Å². The molecule has 0 atom stereocenters. The maximum atomic E-state index is 4.91. The molecule has 0 saturated heterocycles. The lowest BCUT2D eigenvalue weighted by Crippen LogP contribution is -2.25. The first-order valence-corrected chi connectivity index (χ1v) is 29.0. The smallest absolute Gasteiger partial charge is 0.0434 e. The molecular weight excluding hydrogens is 761 g/mol. The zero-order chi connectivity index (χ0) is 44.2. The summed E-state index contributed by atoms with van der Waals surface area (Å²) in [4.78, 5) is 9.82. The van der Waals surface area contributed by atoms with Gasteiger partial charge in [-0.15, -0.1) is 0 Å². The maximum absolute atomic E-state index is 4.91. The van der Waals surface area contributed by atoms with Crippen LogP contribution in [0.25, 0.3) is 0 Å². The highest BCUT2D eigenvalue weighted by molar-refractivity contribution is 5.19. The molecule has 4 aliphatic rings. The summed E-state index contributed by atoms with van der Waals surface area (Å²) in [6, 6.07) is 9.46. The van der Waals surface area contributed by atoms with Gasteiger partial charge in [-0.1, -0.05) is 188 Å². The molecule has 2 aromatic heterocycles. The number of rotatable bonds is 27. The van der Waals surface area contributed by atoms with Crippen molar-refractivity contribution in [3.63, 3.8) is 0 Å². The fourth-order valence-corrected chi connectivity index (χ4v) is 13.1. The van der Waals surface area contributed by atoms with Gasteiger partial charge in [0.2, 0.25) is 0 Å². The highest BCUT2D eigenvalue weighted by atomic mass is 14.7. The Kier molecular flexibility index (Phi) is 26.6. The molecule has 0 radical (unpaired) electrons. The van der Waals surface area contributed by atoms with E-state index in [4.69, 9.17) is 9.97 Å². The van der Waals surface area contributed by atoms with Gasteiger partial charge in [-0.25, -0.2) is 0 Å². The highest BCUT2D eigenvalue weighted by Gasteiger charge is 2.33. The number of unbranched alkanes of at least 4 members (excludes halogenated alkanes) is 15.